The summed E-state index contributed by atoms with van der Waals surface area (Å²) in [6.07, 6.45) is 0. The number of carbonyl (C=O) groups is 1. The molecule has 32 heavy (non-hydrogen) atoms. The molecule has 0 aliphatic heterocycles. The smallest absolute Gasteiger partial charge is 0.258 e. The number of hydrogen-bond acceptors (Lipinski definition) is 7. The predicted octanol–water partition coefficient (Wildman–Crippen LogP) is 5.84. The first-order valence-electron chi connectivity index (χ1n) is 10.1. The number of fused-ring (bicyclic) bond motifs is 1. The number of hydrogen-bond donors (Lipinski definition) is 2. The zero-order chi connectivity index (χ0) is 22.8. The number of aryl methyl sites for hydroxylation is 4. The van der Waals surface area contributed by atoms with Crippen molar-refractivity contribution in [1.29, 1.82) is 0 Å². The van der Waals surface area contributed by atoms with Crippen LogP contribution in [-0.2, 0) is 0 Å². The Morgan fingerprint density at radius 1 is 1.06 bits per heavy atom. The quantitative estimate of drug-likeness (QED) is 0.358. The van der Waals surface area contributed by atoms with Crippen LogP contribution in [0.3, 0.4) is 0 Å². The van der Waals surface area contributed by atoms with Gasteiger partial charge in [-0.1, -0.05) is 23.4 Å². The minimum atomic E-state index is -0.254. The first kappa shape index (κ1) is 21.7. The summed E-state index contributed by atoms with van der Waals surface area (Å²) in [5.74, 6) is 0.458. The molecule has 0 saturated carbocycles. The predicted molar refractivity (Wildman–Crippen MR) is 128 cm³/mol. The van der Waals surface area contributed by atoms with Crippen LogP contribution in [0, 0.1) is 27.7 Å². The van der Waals surface area contributed by atoms with Gasteiger partial charge in [-0.15, -0.1) is 0 Å². The highest BCUT2D eigenvalue weighted by molar-refractivity contribution is 8.00. The molecule has 7 nitrogen and oxygen atoms in total. The third-order valence-electron chi connectivity index (χ3n) is 5.16. The molecule has 2 N–H and O–H groups in total. The highest BCUT2D eigenvalue weighted by Crippen LogP contribution is 2.34. The van der Waals surface area contributed by atoms with Crippen molar-refractivity contribution < 1.29 is 14.1 Å². The largest absolute Gasteiger partial charge is 0.496 e. The molecule has 2 aromatic carbocycles. The van der Waals surface area contributed by atoms with Crippen LogP contribution >= 0.6 is 11.9 Å². The number of benzene rings is 2. The van der Waals surface area contributed by atoms with Crippen LogP contribution in [0.4, 0.5) is 11.4 Å². The minimum Gasteiger partial charge on any atom is -0.496 e. The van der Waals surface area contributed by atoms with Crippen molar-refractivity contribution >= 4 is 40.3 Å². The van der Waals surface area contributed by atoms with Gasteiger partial charge in [-0.2, -0.15) is 0 Å². The van der Waals surface area contributed by atoms with E-state index in [0.717, 1.165) is 21.7 Å². The fourth-order valence-corrected chi connectivity index (χ4v) is 4.48. The summed E-state index contributed by atoms with van der Waals surface area (Å²) < 4.78 is 14.2. The maximum Gasteiger partial charge on any atom is 0.258 e. The molecule has 0 aliphatic rings. The Balaban J connectivity index is 1.60. The van der Waals surface area contributed by atoms with E-state index >= 15 is 0 Å². The highest BCUT2D eigenvalue weighted by Gasteiger charge is 2.18. The maximum absolute atomic E-state index is 13.1. The number of pyridine rings is 1. The molecule has 0 saturated heterocycles. The van der Waals surface area contributed by atoms with Gasteiger partial charge >= 0.3 is 0 Å². The lowest BCUT2D eigenvalue weighted by Crippen LogP contribution is -2.13. The van der Waals surface area contributed by atoms with Crippen molar-refractivity contribution in [3.05, 3.63) is 70.5 Å². The number of para-hydroxylation sites is 1. The maximum atomic E-state index is 13.1. The second kappa shape index (κ2) is 8.92. The van der Waals surface area contributed by atoms with Crippen molar-refractivity contribution in [2.24, 2.45) is 0 Å². The molecular weight excluding hydrogens is 424 g/mol. The monoisotopic (exact) mass is 448 g/mol. The van der Waals surface area contributed by atoms with Gasteiger partial charge in [0, 0.05) is 11.4 Å². The Labute approximate surface area is 190 Å². The van der Waals surface area contributed by atoms with Crippen LogP contribution in [0.1, 0.15) is 32.9 Å². The molecule has 4 aromatic rings. The molecule has 0 aliphatic carbocycles. The van der Waals surface area contributed by atoms with Gasteiger partial charge in [-0.05, 0) is 75.0 Å². The molecule has 2 aromatic heterocycles. The Hall–Kier alpha value is -3.52. The van der Waals surface area contributed by atoms with Crippen LogP contribution in [-0.4, -0.2) is 23.2 Å². The van der Waals surface area contributed by atoms with Gasteiger partial charge in [-0.25, -0.2) is 4.98 Å². The van der Waals surface area contributed by atoms with E-state index in [1.807, 2.05) is 31.2 Å². The molecule has 1 amide bonds. The van der Waals surface area contributed by atoms with Crippen LogP contribution in [0.25, 0.3) is 11.1 Å². The summed E-state index contributed by atoms with van der Waals surface area (Å²) in [7, 11) is 1.63. The number of anilines is 2. The average Bonchev–Trinajstić information content (AvgIpc) is 3.13. The topological polar surface area (TPSA) is 89.3 Å². The molecule has 0 spiro atoms. The Morgan fingerprint density at radius 2 is 1.81 bits per heavy atom. The normalized spacial score (nSPS) is 10.9. The fraction of sp³-hybridized carbons (Fsp3) is 0.208. The number of rotatable bonds is 6. The molecule has 8 heteroatoms. The zero-order valence-corrected chi connectivity index (χ0v) is 19.4. The lowest BCUT2D eigenvalue weighted by Gasteiger charge is -2.15. The third-order valence-corrected chi connectivity index (χ3v) is 6.00. The summed E-state index contributed by atoms with van der Waals surface area (Å²) in [5.41, 5.74) is 6.17. The standard InChI is InChI=1S/C24H24N4O3S/c1-13-7-6-8-14(2)22(13)28-32-20-12-17(9-10-19(20)30-5)26-23(29)18-11-15(3)25-24-21(18)16(4)27-31-24/h6-12,28H,1-5H3,(H,26,29). The number of methoxy groups -OCH3 is 1. The van der Waals surface area contributed by atoms with E-state index in [1.54, 1.807) is 20.1 Å². The minimum absolute atomic E-state index is 0.254. The molecule has 0 unspecified atom stereocenters. The van der Waals surface area contributed by atoms with Crippen LogP contribution in [0.15, 0.2) is 51.9 Å². The van der Waals surface area contributed by atoms with Gasteiger partial charge < -0.3 is 19.3 Å². The SMILES string of the molecule is COc1ccc(NC(=O)c2cc(C)nc3onc(C)c23)cc1SNc1c(C)cccc1C. The van der Waals surface area contributed by atoms with Gasteiger partial charge in [0.1, 0.15) is 5.75 Å². The van der Waals surface area contributed by atoms with Crippen LogP contribution in [0.2, 0.25) is 0 Å². The van der Waals surface area contributed by atoms with Crippen LogP contribution < -0.4 is 14.8 Å². The third kappa shape index (κ3) is 4.27. The number of aromatic nitrogens is 2. The van der Waals surface area contributed by atoms with Gasteiger partial charge in [-0.3, -0.25) is 4.79 Å². The van der Waals surface area contributed by atoms with E-state index in [9.17, 15) is 4.79 Å². The average molecular weight is 449 g/mol. The molecule has 4 rings (SSSR count). The van der Waals surface area contributed by atoms with Gasteiger partial charge in [0.2, 0.25) is 0 Å². The molecular formula is C24H24N4O3S. The van der Waals surface area contributed by atoms with Gasteiger partial charge in [0.05, 0.1) is 34.3 Å². The van der Waals surface area contributed by atoms with Crippen LogP contribution in [0.5, 0.6) is 5.75 Å². The Morgan fingerprint density at radius 3 is 2.53 bits per heavy atom. The van der Waals surface area contributed by atoms with Crippen molar-refractivity contribution in [3.8, 4) is 5.75 Å². The first-order chi connectivity index (χ1) is 15.4. The molecule has 2 heterocycles. The van der Waals surface area contributed by atoms with E-state index in [-0.39, 0.29) is 5.91 Å². The van der Waals surface area contributed by atoms with Gasteiger partial charge in [0.25, 0.3) is 11.6 Å². The van der Waals surface area contributed by atoms with Gasteiger partial charge in [0.15, 0.2) is 0 Å². The van der Waals surface area contributed by atoms with Crippen molar-refractivity contribution in [1.82, 2.24) is 10.1 Å². The summed E-state index contributed by atoms with van der Waals surface area (Å²) in [4.78, 5) is 18.3. The fourth-order valence-electron chi connectivity index (χ4n) is 3.51. The Bertz CT molecular complexity index is 1300. The number of nitrogens with one attached hydrogen (secondary N) is 2. The summed E-state index contributed by atoms with van der Waals surface area (Å²) in [6, 6.07) is 13.4. The second-order valence-electron chi connectivity index (χ2n) is 7.55. The van der Waals surface area contributed by atoms with E-state index < -0.39 is 0 Å². The number of carbonyl (C=O) groups excluding carboxylic acids is 1. The van der Waals surface area contributed by atoms with E-state index in [0.29, 0.717) is 39.5 Å². The van der Waals surface area contributed by atoms with E-state index in [1.165, 1.54) is 11.9 Å². The Kier molecular flexibility index (Phi) is 6.05. The lowest BCUT2D eigenvalue weighted by atomic mass is 10.1. The molecule has 0 bridgehead atoms. The number of amides is 1. The zero-order valence-electron chi connectivity index (χ0n) is 18.6. The molecule has 0 fully saturated rings. The van der Waals surface area contributed by atoms with E-state index in [2.05, 4.69) is 46.2 Å². The second-order valence-corrected chi connectivity index (χ2v) is 8.40. The summed E-state index contributed by atoms with van der Waals surface area (Å²) >= 11 is 1.44. The number of nitrogens with zero attached hydrogens (tertiary/aromatic N) is 2. The summed E-state index contributed by atoms with van der Waals surface area (Å²) in [6.45, 7) is 7.73. The lowest BCUT2D eigenvalue weighted by molar-refractivity contribution is 0.102. The molecule has 0 radical (unpaired) electrons. The highest BCUT2D eigenvalue weighted by atomic mass is 32.2. The molecule has 0 atom stereocenters. The van der Waals surface area contributed by atoms with E-state index in [4.69, 9.17) is 9.26 Å². The van der Waals surface area contributed by atoms with Crippen molar-refractivity contribution in [3.63, 3.8) is 0 Å². The summed E-state index contributed by atoms with van der Waals surface area (Å²) in [5, 5.41) is 7.54. The molecule has 164 valence electrons. The van der Waals surface area contributed by atoms with Crippen molar-refractivity contribution in [2.45, 2.75) is 32.6 Å². The first-order valence-corrected chi connectivity index (χ1v) is 10.9. The van der Waals surface area contributed by atoms with Crippen molar-refractivity contribution in [2.75, 3.05) is 17.1 Å². The number of ether oxygens (including phenoxy) is 1.